The van der Waals surface area contributed by atoms with Crippen LogP contribution < -0.4 is 0 Å². The predicted molar refractivity (Wildman–Crippen MR) is 142 cm³/mol. The van der Waals surface area contributed by atoms with Crippen LogP contribution in [0.1, 0.15) is 47.9 Å². The number of hydrogen-bond acceptors (Lipinski definition) is 4. The van der Waals surface area contributed by atoms with Crippen molar-refractivity contribution in [2.45, 2.75) is 64.7 Å². The van der Waals surface area contributed by atoms with Gasteiger partial charge in [-0.05, 0) is 110 Å². The van der Waals surface area contributed by atoms with Crippen LogP contribution in [-0.4, -0.2) is 32.3 Å². The van der Waals surface area contributed by atoms with Crippen molar-refractivity contribution >= 4 is 0 Å². The van der Waals surface area contributed by atoms with E-state index in [1.807, 2.05) is 36.7 Å². The average molecular weight is 561 g/mol. The van der Waals surface area contributed by atoms with Gasteiger partial charge in [0.15, 0.2) is 0 Å². The normalized spacial score (nSPS) is 11.6. The molecule has 0 spiro atoms. The number of rotatable bonds is 8. The zero-order valence-electron chi connectivity index (χ0n) is 22.2. The fourth-order valence-corrected chi connectivity index (χ4v) is 3.88. The highest BCUT2D eigenvalue weighted by atomic mass is 19.4. The van der Waals surface area contributed by atoms with Gasteiger partial charge >= 0.3 is 12.4 Å². The molecule has 4 heterocycles. The molecule has 4 aromatic rings. The molecule has 0 atom stereocenters. The Kier molecular flexibility index (Phi) is 10.8. The van der Waals surface area contributed by atoms with E-state index < -0.39 is 25.2 Å². The van der Waals surface area contributed by atoms with Gasteiger partial charge in [-0.2, -0.15) is 26.3 Å². The lowest BCUT2D eigenvalue weighted by Crippen LogP contribution is -2.07. The second-order valence-electron chi connectivity index (χ2n) is 9.47. The summed E-state index contributed by atoms with van der Waals surface area (Å²) in [5.74, 6) is 0. The Morgan fingerprint density at radius 1 is 0.500 bits per heavy atom. The number of aromatic nitrogens is 4. The van der Waals surface area contributed by atoms with E-state index >= 15 is 0 Å². The summed E-state index contributed by atoms with van der Waals surface area (Å²) >= 11 is 0. The van der Waals surface area contributed by atoms with Crippen molar-refractivity contribution in [1.29, 1.82) is 0 Å². The molecule has 0 aliphatic heterocycles. The molecule has 0 fully saturated rings. The SMILES string of the molecule is Cc1ccnc(-c2cc(C)ccn2)c1.FC(F)(F)CCCc1ccnc(-c2cc(CCCC(F)(F)F)ccn2)c1. The fraction of sp³-hybridized carbons (Fsp3) is 0.333. The van der Waals surface area contributed by atoms with Crippen molar-refractivity contribution in [3.8, 4) is 22.8 Å². The van der Waals surface area contributed by atoms with E-state index in [1.54, 1.807) is 24.3 Å². The maximum Gasteiger partial charge on any atom is 0.389 e. The van der Waals surface area contributed by atoms with Gasteiger partial charge in [-0.15, -0.1) is 0 Å². The van der Waals surface area contributed by atoms with Crippen molar-refractivity contribution in [2.24, 2.45) is 0 Å². The molecule has 0 amide bonds. The molecule has 0 N–H and O–H groups in total. The molecule has 0 aromatic carbocycles. The minimum atomic E-state index is -4.18. The van der Waals surface area contributed by atoms with Crippen LogP contribution in [-0.2, 0) is 12.8 Å². The van der Waals surface area contributed by atoms with E-state index in [-0.39, 0.29) is 25.7 Å². The first-order chi connectivity index (χ1) is 18.9. The largest absolute Gasteiger partial charge is 0.389 e. The van der Waals surface area contributed by atoms with E-state index in [2.05, 4.69) is 33.8 Å². The van der Waals surface area contributed by atoms with Gasteiger partial charge in [-0.25, -0.2) is 0 Å². The highest BCUT2D eigenvalue weighted by Gasteiger charge is 2.26. The van der Waals surface area contributed by atoms with E-state index in [1.165, 1.54) is 23.5 Å². The lowest BCUT2D eigenvalue weighted by atomic mass is 10.0. The van der Waals surface area contributed by atoms with Crippen molar-refractivity contribution in [2.75, 3.05) is 0 Å². The van der Waals surface area contributed by atoms with Gasteiger partial charge < -0.3 is 0 Å². The molecule has 0 aliphatic carbocycles. The number of hydrogen-bond donors (Lipinski definition) is 0. The number of aryl methyl sites for hydroxylation is 4. The van der Waals surface area contributed by atoms with Gasteiger partial charge in [0.25, 0.3) is 0 Å². The van der Waals surface area contributed by atoms with Crippen LogP contribution in [0.3, 0.4) is 0 Å². The molecule has 4 nitrogen and oxygen atoms in total. The number of halogens is 6. The molecule has 212 valence electrons. The Morgan fingerprint density at radius 2 is 0.825 bits per heavy atom. The Morgan fingerprint density at radius 3 is 1.15 bits per heavy atom. The van der Waals surface area contributed by atoms with E-state index in [0.717, 1.165) is 11.4 Å². The second-order valence-corrected chi connectivity index (χ2v) is 9.47. The second kappa shape index (κ2) is 14.0. The molecule has 0 unspecified atom stereocenters. The lowest BCUT2D eigenvalue weighted by Gasteiger charge is -2.08. The van der Waals surface area contributed by atoms with Crippen LogP contribution in [0.2, 0.25) is 0 Å². The molecule has 0 saturated carbocycles. The molecular weight excluding hydrogens is 530 g/mol. The summed E-state index contributed by atoms with van der Waals surface area (Å²) in [5.41, 5.74) is 6.70. The molecule has 0 radical (unpaired) electrons. The predicted octanol–water partition coefficient (Wildman–Crippen LogP) is 8.67. The summed E-state index contributed by atoms with van der Waals surface area (Å²) in [7, 11) is 0. The quantitative estimate of drug-likeness (QED) is 0.202. The summed E-state index contributed by atoms with van der Waals surface area (Å²) in [6.45, 7) is 4.11. The van der Waals surface area contributed by atoms with Crippen LogP contribution in [0.5, 0.6) is 0 Å². The smallest absolute Gasteiger partial charge is 0.255 e. The highest BCUT2D eigenvalue weighted by Crippen LogP contribution is 2.25. The fourth-order valence-electron chi connectivity index (χ4n) is 3.88. The van der Waals surface area contributed by atoms with Crippen LogP contribution in [0, 0.1) is 13.8 Å². The first kappa shape index (κ1) is 30.7. The maximum atomic E-state index is 12.2. The third kappa shape index (κ3) is 11.1. The zero-order chi connectivity index (χ0) is 29.2. The Balaban J connectivity index is 0.000000263. The van der Waals surface area contributed by atoms with E-state index in [9.17, 15) is 26.3 Å². The molecular formula is C30H30F6N4. The van der Waals surface area contributed by atoms with Crippen molar-refractivity contribution in [3.63, 3.8) is 0 Å². The van der Waals surface area contributed by atoms with Gasteiger partial charge in [0.1, 0.15) is 0 Å². The van der Waals surface area contributed by atoms with Crippen LogP contribution in [0.15, 0.2) is 73.3 Å². The minimum absolute atomic E-state index is 0.0160. The van der Waals surface area contributed by atoms with Gasteiger partial charge in [0, 0.05) is 37.6 Å². The number of alkyl halides is 6. The summed E-state index contributed by atoms with van der Waals surface area (Å²) in [4.78, 5) is 16.9. The molecule has 4 rings (SSSR count). The highest BCUT2D eigenvalue weighted by molar-refractivity contribution is 5.56. The monoisotopic (exact) mass is 560 g/mol. The molecule has 4 aromatic heterocycles. The minimum Gasteiger partial charge on any atom is -0.255 e. The average Bonchev–Trinajstić information content (AvgIpc) is 2.88. The summed E-state index contributed by atoms with van der Waals surface area (Å²) in [6.07, 6.45) is -2.94. The molecule has 0 bridgehead atoms. The summed E-state index contributed by atoms with van der Waals surface area (Å²) in [6, 6.07) is 14.7. The summed E-state index contributed by atoms with van der Waals surface area (Å²) in [5, 5.41) is 0. The van der Waals surface area contributed by atoms with Gasteiger partial charge in [-0.1, -0.05) is 0 Å². The van der Waals surface area contributed by atoms with Crippen molar-refractivity contribution in [3.05, 3.63) is 95.6 Å². The van der Waals surface area contributed by atoms with Gasteiger partial charge in [0.2, 0.25) is 0 Å². The molecule has 10 heteroatoms. The van der Waals surface area contributed by atoms with Crippen LogP contribution >= 0.6 is 0 Å². The molecule has 40 heavy (non-hydrogen) atoms. The number of nitrogens with zero attached hydrogens (tertiary/aromatic N) is 4. The first-order valence-corrected chi connectivity index (χ1v) is 12.8. The van der Waals surface area contributed by atoms with Crippen molar-refractivity contribution < 1.29 is 26.3 Å². The lowest BCUT2D eigenvalue weighted by molar-refractivity contribution is -0.136. The third-order valence-corrected chi connectivity index (χ3v) is 5.86. The molecule has 0 aliphatic rings. The maximum absolute atomic E-state index is 12.2. The number of pyridine rings is 4. The Hall–Kier alpha value is -3.82. The molecule has 0 saturated heterocycles. The third-order valence-electron chi connectivity index (χ3n) is 5.86. The van der Waals surface area contributed by atoms with Gasteiger partial charge in [-0.3, -0.25) is 19.9 Å². The van der Waals surface area contributed by atoms with Gasteiger partial charge in [0.05, 0.1) is 22.8 Å². The van der Waals surface area contributed by atoms with Crippen LogP contribution in [0.4, 0.5) is 26.3 Å². The van der Waals surface area contributed by atoms with Crippen molar-refractivity contribution in [1.82, 2.24) is 19.9 Å². The van der Waals surface area contributed by atoms with Crippen LogP contribution in [0.25, 0.3) is 22.8 Å². The van der Waals surface area contributed by atoms with E-state index in [0.29, 0.717) is 22.5 Å². The topological polar surface area (TPSA) is 51.6 Å². The van der Waals surface area contributed by atoms with E-state index in [4.69, 9.17) is 0 Å². The first-order valence-electron chi connectivity index (χ1n) is 12.8. The standard InChI is InChI=1S/C18H18F6N2.C12H12N2/c19-17(20,21)7-1-3-13-5-9-25-15(11-13)16-12-14(6-10-26-16)4-2-8-18(22,23)24;1-9-3-5-13-11(7-9)12-8-10(2)4-6-14-12/h5-6,9-12H,1-4,7-8H2;3-8H,1-2H3. The summed E-state index contributed by atoms with van der Waals surface area (Å²) < 4.78 is 73.4. The zero-order valence-corrected chi connectivity index (χ0v) is 22.2. The Bertz CT molecular complexity index is 1260. The Labute approximate surface area is 229 Å².